The van der Waals surface area contributed by atoms with E-state index in [1.165, 1.54) is 4.90 Å². The number of para-hydroxylation sites is 1. The van der Waals surface area contributed by atoms with E-state index in [-0.39, 0.29) is 29.6 Å². The van der Waals surface area contributed by atoms with Gasteiger partial charge in [0.05, 0.1) is 23.1 Å². The molecule has 1 aliphatic carbocycles. The van der Waals surface area contributed by atoms with Crippen LogP contribution in [-0.2, 0) is 9.59 Å². The smallest absolute Gasteiger partial charge is 0.255 e. The van der Waals surface area contributed by atoms with E-state index in [9.17, 15) is 14.4 Å². The van der Waals surface area contributed by atoms with Crippen LogP contribution in [0, 0.1) is 11.8 Å². The van der Waals surface area contributed by atoms with E-state index in [4.69, 9.17) is 0 Å². The number of amides is 3. The summed E-state index contributed by atoms with van der Waals surface area (Å²) in [6.45, 7) is 3.49. The maximum Gasteiger partial charge on any atom is 0.255 e. The van der Waals surface area contributed by atoms with Crippen LogP contribution in [0.4, 0.5) is 5.69 Å². The van der Waals surface area contributed by atoms with Gasteiger partial charge in [-0.2, -0.15) is 0 Å². The Morgan fingerprint density at radius 1 is 0.963 bits per heavy atom. The molecule has 27 heavy (non-hydrogen) atoms. The highest BCUT2D eigenvalue weighted by molar-refractivity contribution is 6.24. The van der Waals surface area contributed by atoms with Crippen LogP contribution >= 0.6 is 0 Å². The van der Waals surface area contributed by atoms with Gasteiger partial charge in [0.25, 0.3) is 5.91 Å². The lowest BCUT2D eigenvalue weighted by atomic mass is 9.82. The van der Waals surface area contributed by atoms with Crippen LogP contribution in [0.5, 0.6) is 0 Å². The van der Waals surface area contributed by atoms with E-state index in [2.05, 4.69) is 6.08 Å². The highest BCUT2D eigenvalue weighted by atomic mass is 16.2. The van der Waals surface area contributed by atoms with E-state index < -0.39 is 0 Å². The SMILES string of the molecule is CC1=CC[C@H]2C(=O)N(c3ccccc3C(=O)N3CCCCCC3)C(=O)[C@H]2C1. The van der Waals surface area contributed by atoms with E-state index in [0.717, 1.165) is 44.3 Å². The molecule has 0 spiro atoms. The number of carbonyl (C=O) groups is 3. The zero-order valence-electron chi connectivity index (χ0n) is 15.8. The monoisotopic (exact) mass is 366 g/mol. The van der Waals surface area contributed by atoms with Gasteiger partial charge in [-0.1, -0.05) is 36.6 Å². The van der Waals surface area contributed by atoms with Crippen LogP contribution < -0.4 is 4.90 Å². The molecule has 0 saturated carbocycles. The number of benzene rings is 1. The van der Waals surface area contributed by atoms with Crippen molar-refractivity contribution in [2.24, 2.45) is 11.8 Å². The summed E-state index contributed by atoms with van der Waals surface area (Å²) >= 11 is 0. The van der Waals surface area contributed by atoms with Gasteiger partial charge in [0.2, 0.25) is 11.8 Å². The number of hydrogen-bond donors (Lipinski definition) is 0. The number of allylic oxidation sites excluding steroid dienone is 2. The molecule has 1 aromatic carbocycles. The summed E-state index contributed by atoms with van der Waals surface area (Å²) in [5.74, 6) is -0.970. The highest BCUT2D eigenvalue weighted by Crippen LogP contribution is 2.40. The average Bonchev–Trinajstić information content (AvgIpc) is 2.87. The van der Waals surface area contributed by atoms with E-state index in [1.807, 2.05) is 11.8 Å². The Morgan fingerprint density at radius 3 is 2.37 bits per heavy atom. The van der Waals surface area contributed by atoms with Gasteiger partial charge in [0.15, 0.2) is 0 Å². The Morgan fingerprint density at radius 2 is 1.63 bits per heavy atom. The zero-order valence-corrected chi connectivity index (χ0v) is 15.8. The van der Waals surface area contributed by atoms with Gasteiger partial charge in [-0.3, -0.25) is 14.4 Å². The lowest BCUT2D eigenvalue weighted by molar-refractivity contribution is -0.122. The molecule has 0 N–H and O–H groups in total. The van der Waals surface area contributed by atoms with Crippen LogP contribution in [0.25, 0.3) is 0 Å². The first-order valence-corrected chi connectivity index (χ1v) is 9.99. The first-order valence-electron chi connectivity index (χ1n) is 9.99. The number of rotatable bonds is 2. The second kappa shape index (κ2) is 7.29. The second-order valence-corrected chi connectivity index (χ2v) is 7.94. The van der Waals surface area contributed by atoms with Gasteiger partial charge in [-0.05, 0) is 44.7 Å². The molecule has 5 heteroatoms. The third-order valence-corrected chi connectivity index (χ3v) is 6.09. The summed E-state index contributed by atoms with van der Waals surface area (Å²) in [7, 11) is 0. The van der Waals surface area contributed by atoms with Crippen molar-refractivity contribution in [3.63, 3.8) is 0 Å². The highest BCUT2D eigenvalue weighted by Gasteiger charge is 2.49. The molecule has 0 radical (unpaired) electrons. The quantitative estimate of drug-likeness (QED) is 0.594. The van der Waals surface area contributed by atoms with Gasteiger partial charge in [0, 0.05) is 13.1 Å². The first-order chi connectivity index (χ1) is 13.1. The molecule has 2 atom stereocenters. The molecule has 4 rings (SSSR count). The van der Waals surface area contributed by atoms with Crippen molar-refractivity contribution in [1.82, 2.24) is 4.90 Å². The van der Waals surface area contributed by atoms with Gasteiger partial charge < -0.3 is 4.90 Å². The maximum absolute atomic E-state index is 13.2. The maximum atomic E-state index is 13.2. The van der Waals surface area contributed by atoms with E-state index in [0.29, 0.717) is 24.1 Å². The topological polar surface area (TPSA) is 57.7 Å². The molecule has 0 aromatic heterocycles. The summed E-state index contributed by atoms with van der Waals surface area (Å²) in [6.07, 6.45) is 7.60. The minimum absolute atomic E-state index is 0.0720. The Hall–Kier alpha value is -2.43. The predicted molar refractivity (Wildman–Crippen MR) is 103 cm³/mol. The molecule has 142 valence electrons. The van der Waals surface area contributed by atoms with Crippen molar-refractivity contribution in [3.8, 4) is 0 Å². The largest absolute Gasteiger partial charge is 0.339 e. The van der Waals surface area contributed by atoms with Crippen LogP contribution in [-0.4, -0.2) is 35.7 Å². The third-order valence-electron chi connectivity index (χ3n) is 6.09. The van der Waals surface area contributed by atoms with Crippen molar-refractivity contribution in [1.29, 1.82) is 0 Å². The molecular weight excluding hydrogens is 340 g/mol. The lowest BCUT2D eigenvalue weighted by Gasteiger charge is -2.24. The summed E-state index contributed by atoms with van der Waals surface area (Å²) < 4.78 is 0. The van der Waals surface area contributed by atoms with Crippen LogP contribution in [0.1, 0.15) is 55.8 Å². The molecule has 0 bridgehead atoms. The number of fused-ring (bicyclic) bond motifs is 1. The van der Waals surface area contributed by atoms with Crippen molar-refractivity contribution >= 4 is 23.4 Å². The summed E-state index contributed by atoms with van der Waals surface area (Å²) in [5.41, 5.74) is 2.08. The fourth-order valence-electron chi connectivity index (χ4n) is 4.57. The van der Waals surface area contributed by atoms with Crippen LogP contribution in [0.3, 0.4) is 0 Å². The minimum atomic E-state index is -0.289. The standard InChI is InChI=1S/C22H26N2O3/c1-15-10-11-16-18(14-15)22(27)24(21(16)26)19-9-5-4-8-17(19)20(25)23-12-6-2-3-7-13-23/h4-5,8-10,16,18H,2-3,6-7,11-14H2,1H3/t16-,18+/m1/s1. The van der Waals surface area contributed by atoms with Crippen molar-refractivity contribution in [2.75, 3.05) is 18.0 Å². The number of imide groups is 1. The first kappa shape index (κ1) is 18.0. The van der Waals surface area contributed by atoms with Crippen molar-refractivity contribution in [3.05, 3.63) is 41.5 Å². The second-order valence-electron chi connectivity index (χ2n) is 7.94. The molecule has 3 amide bonds. The van der Waals surface area contributed by atoms with Gasteiger partial charge in [0.1, 0.15) is 0 Å². The molecule has 2 saturated heterocycles. The van der Waals surface area contributed by atoms with Crippen molar-refractivity contribution < 1.29 is 14.4 Å². The molecule has 2 aliphatic heterocycles. The number of anilines is 1. The third kappa shape index (κ3) is 3.20. The fraction of sp³-hybridized carbons (Fsp3) is 0.500. The number of carbonyl (C=O) groups excluding carboxylic acids is 3. The Labute approximate surface area is 160 Å². The average molecular weight is 366 g/mol. The Balaban J connectivity index is 1.66. The molecule has 3 aliphatic rings. The summed E-state index contributed by atoms with van der Waals surface area (Å²) in [6, 6.07) is 7.08. The lowest BCUT2D eigenvalue weighted by Crippen LogP contribution is -2.36. The van der Waals surface area contributed by atoms with Gasteiger partial charge in [-0.25, -0.2) is 4.90 Å². The van der Waals surface area contributed by atoms with E-state index >= 15 is 0 Å². The summed E-state index contributed by atoms with van der Waals surface area (Å²) in [4.78, 5) is 42.4. The molecule has 0 unspecified atom stereocenters. The van der Waals surface area contributed by atoms with Crippen molar-refractivity contribution in [2.45, 2.75) is 45.4 Å². The number of likely N-dealkylation sites (tertiary alicyclic amines) is 1. The predicted octanol–water partition coefficient (Wildman–Crippen LogP) is 3.55. The molecule has 2 fully saturated rings. The van der Waals surface area contributed by atoms with Gasteiger partial charge in [-0.15, -0.1) is 0 Å². The zero-order chi connectivity index (χ0) is 19.0. The molecule has 1 aromatic rings. The Kier molecular flexibility index (Phi) is 4.85. The van der Waals surface area contributed by atoms with E-state index in [1.54, 1.807) is 24.3 Å². The van der Waals surface area contributed by atoms with Crippen LogP contribution in [0.15, 0.2) is 35.9 Å². The minimum Gasteiger partial charge on any atom is -0.339 e. The number of nitrogens with zero attached hydrogens (tertiary/aromatic N) is 2. The fourth-order valence-corrected chi connectivity index (χ4v) is 4.57. The number of hydrogen-bond acceptors (Lipinski definition) is 3. The molecular formula is C22H26N2O3. The Bertz CT molecular complexity index is 806. The van der Waals surface area contributed by atoms with Gasteiger partial charge >= 0.3 is 0 Å². The molecule has 5 nitrogen and oxygen atoms in total. The molecule has 2 heterocycles. The van der Waals surface area contributed by atoms with Crippen LogP contribution in [0.2, 0.25) is 0 Å². The normalized spacial score (nSPS) is 25.9. The summed E-state index contributed by atoms with van der Waals surface area (Å²) in [5, 5.41) is 0.